The summed E-state index contributed by atoms with van der Waals surface area (Å²) in [6, 6.07) is 0. The lowest BCUT2D eigenvalue weighted by Crippen LogP contribution is -2.38. The van der Waals surface area contributed by atoms with E-state index in [0.29, 0.717) is 0 Å². The monoisotopic (exact) mass is 384 g/mol. The second kappa shape index (κ2) is 17.0. The Kier molecular flexibility index (Phi) is 16.9. The SMILES string of the molecule is C=C[Si](C)(OCCC(CC)CCCCC)OCCC(CC)CCCCC. The molecule has 0 aromatic carbocycles. The fourth-order valence-corrected chi connectivity index (χ4v) is 4.85. The quantitative estimate of drug-likeness (QED) is 0.167. The van der Waals surface area contributed by atoms with Crippen molar-refractivity contribution in [1.29, 1.82) is 0 Å². The zero-order valence-electron chi connectivity index (χ0n) is 18.7. The van der Waals surface area contributed by atoms with Gasteiger partial charge in [0.05, 0.1) is 0 Å². The van der Waals surface area contributed by atoms with Crippen LogP contribution in [0.5, 0.6) is 0 Å². The molecule has 156 valence electrons. The molecule has 2 unspecified atom stereocenters. The molecule has 26 heavy (non-hydrogen) atoms. The molecule has 0 saturated carbocycles. The summed E-state index contributed by atoms with van der Waals surface area (Å²) < 4.78 is 12.5. The van der Waals surface area contributed by atoms with Crippen LogP contribution in [-0.4, -0.2) is 21.8 Å². The predicted octanol–water partition coefficient (Wildman–Crippen LogP) is 7.81. The molecule has 0 aliphatic heterocycles. The van der Waals surface area contributed by atoms with E-state index in [2.05, 4.69) is 40.8 Å². The lowest BCUT2D eigenvalue weighted by atomic mass is 9.96. The molecule has 2 atom stereocenters. The molecule has 0 bridgehead atoms. The van der Waals surface area contributed by atoms with Gasteiger partial charge in [-0.1, -0.05) is 91.9 Å². The fraction of sp³-hybridized carbons (Fsp3) is 0.913. The first-order chi connectivity index (χ1) is 12.5. The van der Waals surface area contributed by atoms with Crippen LogP contribution < -0.4 is 0 Å². The summed E-state index contributed by atoms with van der Waals surface area (Å²) in [5, 5.41) is 0. The second-order valence-corrected chi connectivity index (χ2v) is 11.1. The summed E-state index contributed by atoms with van der Waals surface area (Å²) in [6.07, 6.45) is 15.6. The fourth-order valence-electron chi connectivity index (χ4n) is 3.49. The van der Waals surface area contributed by atoms with Gasteiger partial charge in [0, 0.05) is 13.2 Å². The molecule has 3 heteroatoms. The van der Waals surface area contributed by atoms with E-state index in [1.165, 1.54) is 64.2 Å². The maximum Gasteiger partial charge on any atom is 0.361 e. The molecule has 0 rings (SSSR count). The third-order valence-electron chi connectivity index (χ3n) is 5.79. The first-order valence-corrected chi connectivity index (χ1v) is 13.9. The van der Waals surface area contributed by atoms with Gasteiger partial charge in [0.25, 0.3) is 0 Å². The number of rotatable bonds is 19. The number of unbranched alkanes of at least 4 members (excludes halogenated alkanes) is 4. The molecule has 2 nitrogen and oxygen atoms in total. The van der Waals surface area contributed by atoms with Gasteiger partial charge in [-0.2, -0.15) is 0 Å². The standard InChI is InChI=1S/C23H48O2Si/c1-7-12-14-16-22(9-3)18-20-24-26(6,11-5)25-21-19-23(10-4)17-15-13-8-2/h11,22-23H,5,7-10,12-21H2,1-4,6H3. The summed E-state index contributed by atoms with van der Waals surface area (Å²) in [5.74, 6) is 1.60. The van der Waals surface area contributed by atoms with Gasteiger partial charge in [-0.05, 0) is 36.9 Å². The highest BCUT2D eigenvalue weighted by Gasteiger charge is 2.28. The van der Waals surface area contributed by atoms with Gasteiger partial charge in [-0.15, -0.1) is 6.58 Å². The summed E-state index contributed by atoms with van der Waals surface area (Å²) in [5.41, 5.74) is 1.96. The highest BCUT2D eigenvalue weighted by atomic mass is 28.4. The van der Waals surface area contributed by atoms with Crippen LogP contribution in [0.4, 0.5) is 0 Å². The Morgan fingerprint density at radius 2 is 1.15 bits per heavy atom. The molecule has 0 aliphatic rings. The van der Waals surface area contributed by atoms with Crippen LogP contribution in [0.25, 0.3) is 0 Å². The third kappa shape index (κ3) is 13.1. The van der Waals surface area contributed by atoms with Crippen LogP contribution in [0, 0.1) is 11.8 Å². The topological polar surface area (TPSA) is 18.5 Å². The maximum atomic E-state index is 6.23. The first kappa shape index (κ1) is 25.9. The van der Waals surface area contributed by atoms with Crippen molar-refractivity contribution in [3.8, 4) is 0 Å². The minimum atomic E-state index is -2.19. The van der Waals surface area contributed by atoms with Crippen molar-refractivity contribution >= 4 is 8.56 Å². The third-order valence-corrected chi connectivity index (χ3v) is 8.08. The van der Waals surface area contributed by atoms with Gasteiger partial charge < -0.3 is 8.85 Å². The van der Waals surface area contributed by atoms with E-state index in [1.807, 2.05) is 5.70 Å². The van der Waals surface area contributed by atoms with Crippen molar-refractivity contribution in [2.24, 2.45) is 11.8 Å². The zero-order valence-corrected chi connectivity index (χ0v) is 19.7. The Hall–Kier alpha value is -0.123. The van der Waals surface area contributed by atoms with Crippen molar-refractivity contribution in [3.05, 3.63) is 12.3 Å². The van der Waals surface area contributed by atoms with Gasteiger partial charge in [-0.3, -0.25) is 0 Å². The van der Waals surface area contributed by atoms with E-state index in [1.54, 1.807) is 0 Å². The first-order valence-electron chi connectivity index (χ1n) is 11.5. The van der Waals surface area contributed by atoms with E-state index < -0.39 is 8.56 Å². The van der Waals surface area contributed by atoms with E-state index in [4.69, 9.17) is 8.85 Å². The smallest absolute Gasteiger partial charge is 0.361 e. The van der Waals surface area contributed by atoms with Crippen LogP contribution in [0.2, 0.25) is 6.55 Å². The highest BCUT2D eigenvalue weighted by Crippen LogP contribution is 2.21. The molecule has 0 aliphatic carbocycles. The number of hydrogen-bond acceptors (Lipinski definition) is 2. The van der Waals surface area contributed by atoms with Crippen LogP contribution in [0.1, 0.15) is 105 Å². The largest absolute Gasteiger partial charge is 0.391 e. The van der Waals surface area contributed by atoms with Crippen LogP contribution >= 0.6 is 0 Å². The lowest BCUT2D eigenvalue weighted by Gasteiger charge is -2.26. The van der Waals surface area contributed by atoms with Gasteiger partial charge in [0.15, 0.2) is 0 Å². The summed E-state index contributed by atoms with van der Waals surface area (Å²) >= 11 is 0. The van der Waals surface area contributed by atoms with E-state index in [0.717, 1.165) is 37.9 Å². The summed E-state index contributed by atoms with van der Waals surface area (Å²) in [6.45, 7) is 17.0. The molecule has 0 radical (unpaired) electrons. The molecule has 0 amide bonds. The Bertz CT molecular complexity index is 295. The number of hydrogen-bond donors (Lipinski definition) is 0. The van der Waals surface area contributed by atoms with Crippen molar-refractivity contribution in [3.63, 3.8) is 0 Å². The van der Waals surface area contributed by atoms with Crippen LogP contribution in [-0.2, 0) is 8.85 Å². The van der Waals surface area contributed by atoms with Gasteiger partial charge >= 0.3 is 8.56 Å². The van der Waals surface area contributed by atoms with Crippen molar-refractivity contribution in [1.82, 2.24) is 0 Å². The molecule has 0 aromatic heterocycles. The molecule has 0 fully saturated rings. The van der Waals surface area contributed by atoms with E-state index in [-0.39, 0.29) is 0 Å². The van der Waals surface area contributed by atoms with Crippen LogP contribution in [0.15, 0.2) is 12.3 Å². The van der Waals surface area contributed by atoms with Crippen LogP contribution in [0.3, 0.4) is 0 Å². The minimum Gasteiger partial charge on any atom is -0.391 e. The molecule has 0 N–H and O–H groups in total. The maximum absolute atomic E-state index is 6.23. The summed E-state index contributed by atoms with van der Waals surface area (Å²) in [7, 11) is -2.19. The van der Waals surface area contributed by atoms with Gasteiger partial charge in [0.1, 0.15) is 0 Å². The molecule has 0 saturated heterocycles. The van der Waals surface area contributed by atoms with Crippen molar-refractivity contribution in [2.45, 2.75) is 111 Å². The summed E-state index contributed by atoms with van der Waals surface area (Å²) in [4.78, 5) is 0. The lowest BCUT2D eigenvalue weighted by molar-refractivity contribution is 0.159. The zero-order chi connectivity index (χ0) is 19.7. The molecule has 0 aromatic rings. The average molecular weight is 385 g/mol. The molecule has 0 spiro atoms. The van der Waals surface area contributed by atoms with E-state index >= 15 is 0 Å². The minimum absolute atomic E-state index is 0.799. The Morgan fingerprint density at radius 1 is 0.731 bits per heavy atom. The van der Waals surface area contributed by atoms with Gasteiger partial charge in [-0.25, -0.2) is 0 Å². The molecule has 0 heterocycles. The molecular weight excluding hydrogens is 336 g/mol. The Morgan fingerprint density at radius 3 is 1.46 bits per heavy atom. The predicted molar refractivity (Wildman–Crippen MR) is 119 cm³/mol. The average Bonchev–Trinajstić information content (AvgIpc) is 2.65. The Balaban J connectivity index is 4.11. The Labute approximate surface area is 166 Å². The molecular formula is C23H48O2Si. The van der Waals surface area contributed by atoms with Crippen molar-refractivity contribution < 1.29 is 8.85 Å². The second-order valence-electron chi connectivity index (χ2n) is 8.03. The highest BCUT2D eigenvalue weighted by molar-refractivity contribution is 6.71. The normalized spacial score (nSPS) is 16.2. The van der Waals surface area contributed by atoms with Crippen molar-refractivity contribution in [2.75, 3.05) is 13.2 Å². The van der Waals surface area contributed by atoms with E-state index in [9.17, 15) is 0 Å². The van der Waals surface area contributed by atoms with Gasteiger partial charge in [0.2, 0.25) is 0 Å².